The SMILES string of the molecule is Cc1cccc(C(N)C2=CCCCCC2)n1. The molecule has 0 radical (unpaired) electrons. The summed E-state index contributed by atoms with van der Waals surface area (Å²) in [6, 6.07) is 6.08. The van der Waals surface area contributed by atoms with Gasteiger partial charge in [-0.25, -0.2) is 0 Å². The largest absolute Gasteiger partial charge is 0.319 e. The van der Waals surface area contributed by atoms with Crippen molar-refractivity contribution in [1.82, 2.24) is 4.98 Å². The van der Waals surface area contributed by atoms with E-state index in [1.54, 1.807) is 0 Å². The van der Waals surface area contributed by atoms with Crippen LogP contribution in [0, 0.1) is 6.92 Å². The van der Waals surface area contributed by atoms with E-state index in [4.69, 9.17) is 5.73 Å². The Morgan fingerprint density at radius 3 is 2.94 bits per heavy atom. The summed E-state index contributed by atoms with van der Waals surface area (Å²) < 4.78 is 0. The van der Waals surface area contributed by atoms with Crippen molar-refractivity contribution < 1.29 is 0 Å². The summed E-state index contributed by atoms with van der Waals surface area (Å²) >= 11 is 0. The van der Waals surface area contributed by atoms with Crippen molar-refractivity contribution in [2.45, 2.75) is 45.1 Å². The van der Waals surface area contributed by atoms with Crippen molar-refractivity contribution in [1.29, 1.82) is 0 Å². The molecule has 1 atom stereocenters. The Balaban J connectivity index is 2.17. The van der Waals surface area contributed by atoms with Gasteiger partial charge in [-0.1, -0.05) is 24.1 Å². The van der Waals surface area contributed by atoms with E-state index in [-0.39, 0.29) is 6.04 Å². The molecule has 1 aromatic heterocycles. The molecule has 1 heterocycles. The van der Waals surface area contributed by atoms with Gasteiger partial charge in [0.1, 0.15) is 0 Å². The second kappa shape index (κ2) is 5.26. The molecule has 0 amide bonds. The molecule has 1 aliphatic rings. The molecule has 2 heteroatoms. The number of aryl methyl sites for hydroxylation is 1. The fourth-order valence-electron chi connectivity index (χ4n) is 2.25. The Hall–Kier alpha value is -1.15. The van der Waals surface area contributed by atoms with Crippen LogP contribution in [0.3, 0.4) is 0 Å². The Kier molecular flexibility index (Phi) is 3.73. The van der Waals surface area contributed by atoms with E-state index >= 15 is 0 Å². The smallest absolute Gasteiger partial charge is 0.0685 e. The van der Waals surface area contributed by atoms with Crippen LogP contribution >= 0.6 is 0 Å². The molecule has 2 N–H and O–H groups in total. The first-order chi connectivity index (χ1) is 7.77. The van der Waals surface area contributed by atoms with E-state index in [0.717, 1.165) is 17.8 Å². The topological polar surface area (TPSA) is 38.9 Å². The van der Waals surface area contributed by atoms with Crippen molar-refractivity contribution in [2.75, 3.05) is 0 Å². The van der Waals surface area contributed by atoms with E-state index < -0.39 is 0 Å². The molecule has 16 heavy (non-hydrogen) atoms. The Labute approximate surface area is 97.6 Å². The van der Waals surface area contributed by atoms with Crippen LogP contribution in [0.4, 0.5) is 0 Å². The number of pyridine rings is 1. The molecule has 0 aromatic carbocycles. The van der Waals surface area contributed by atoms with Crippen molar-refractivity contribution in [2.24, 2.45) is 5.73 Å². The van der Waals surface area contributed by atoms with Crippen molar-refractivity contribution >= 4 is 0 Å². The lowest BCUT2D eigenvalue weighted by Gasteiger charge is -2.15. The summed E-state index contributed by atoms with van der Waals surface area (Å²) in [5.41, 5.74) is 9.70. The fourth-order valence-corrected chi connectivity index (χ4v) is 2.25. The zero-order chi connectivity index (χ0) is 11.4. The fraction of sp³-hybridized carbons (Fsp3) is 0.500. The van der Waals surface area contributed by atoms with Crippen LogP contribution in [0.2, 0.25) is 0 Å². The molecule has 86 valence electrons. The summed E-state index contributed by atoms with van der Waals surface area (Å²) in [5.74, 6) is 0. The first-order valence-electron chi connectivity index (χ1n) is 6.15. The molecule has 0 saturated carbocycles. The summed E-state index contributed by atoms with van der Waals surface area (Å²) in [5, 5.41) is 0. The van der Waals surface area contributed by atoms with Gasteiger partial charge in [-0.2, -0.15) is 0 Å². The van der Waals surface area contributed by atoms with Gasteiger partial charge >= 0.3 is 0 Å². The van der Waals surface area contributed by atoms with Gasteiger partial charge in [0.05, 0.1) is 11.7 Å². The van der Waals surface area contributed by atoms with E-state index in [1.165, 1.54) is 31.3 Å². The molecule has 1 aliphatic carbocycles. The van der Waals surface area contributed by atoms with E-state index in [2.05, 4.69) is 11.1 Å². The van der Waals surface area contributed by atoms with Crippen molar-refractivity contribution in [3.05, 3.63) is 41.2 Å². The summed E-state index contributed by atoms with van der Waals surface area (Å²) in [7, 11) is 0. The first-order valence-corrected chi connectivity index (χ1v) is 6.15. The van der Waals surface area contributed by atoms with Crippen LogP contribution in [0.1, 0.15) is 49.5 Å². The highest BCUT2D eigenvalue weighted by molar-refractivity contribution is 5.23. The van der Waals surface area contributed by atoms with Crippen LogP contribution in [0.25, 0.3) is 0 Å². The van der Waals surface area contributed by atoms with Crippen LogP contribution in [0.15, 0.2) is 29.8 Å². The van der Waals surface area contributed by atoms with E-state index in [0.29, 0.717) is 0 Å². The standard InChI is InChI=1S/C14H20N2/c1-11-7-6-10-13(16-11)14(15)12-8-4-2-3-5-9-12/h6-8,10,14H,2-5,9,15H2,1H3. The second-order valence-electron chi connectivity index (χ2n) is 4.56. The minimum Gasteiger partial charge on any atom is -0.319 e. The van der Waals surface area contributed by atoms with Gasteiger partial charge in [-0.3, -0.25) is 4.98 Å². The third-order valence-electron chi connectivity index (χ3n) is 3.20. The summed E-state index contributed by atoms with van der Waals surface area (Å²) in [4.78, 5) is 4.51. The van der Waals surface area contributed by atoms with Crippen LogP contribution in [-0.2, 0) is 0 Å². The third-order valence-corrected chi connectivity index (χ3v) is 3.20. The van der Waals surface area contributed by atoms with Gasteiger partial charge in [0.2, 0.25) is 0 Å². The number of aromatic nitrogens is 1. The predicted molar refractivity (Wildman–Crippen MR) is 67.1 cm³/mol. The molecular formula is C14H20N2. The summed E-state index contributed by atoms with van der Waals surface area (Å²) in [6.45, 7) is 2.01. The number of rotatable bonds is 2. The number of nitrogens with zero attached hydrogens (tertiary/aromatic N) is 1. The maximum absolute atomic E-state index is 6.28. The third kappa shape index (κ3) is 2.70. The van der Waals surface area contributed by atoms with E-state index in [9.17, 15) is 0 Å². The highest BCUT2D eigenvalue weighted by Gasteiger charge is 2.14. The maximum atomic E-state index is 6.28. The maximum Gasteiger partial charge on any atom is 0.0685 e. The molecule has 1 aromatic rings. The quantitative estimate of drug-likeness (QED) is 0.770. The van der Waals surface area contributed by atoms with Crippen LogP contribution in [-0.4, -0.2) is 4.98 Å². The lowest BCUT2D eigenvalue weighted by molar-refractivity contribution is 0.681. The highest BCUT2D eigenvalue weighted by Crippen LogP contribution is 2.26. The number of nitrogens with two attached hydrogens (primary N) is 1. The number of hydrogen-bond donors (Lipinski definition) is 1. The van der Waals surface area contributed by atoms with Gasteiger partial charge in [0, 0.05) is 5.69 Å². The minimum absolute atomic E-state index is 0.00185. The van der Waals surface area contributed by atoms with Crippen LogP contribution in [0.5, 0.6) is 0 Å². The number of hydrogen-bond acceptors (Lipinski definition) is 2. The van der Waals surface area contributed by atoms with Gasteiger partial charge < -0.3 is 5.73 Å². The first kappa shape index (κ1) is 11.3. The number of allylic oxidation sites excluding steroid dienone is 1. The van der Waals surface area contributed by atoms with Gasteiger partial charge in [-0.15, -0.1) is 0 Å². The Morgan fingerprint density at radius 2 is 2.12 bits per heavy atom. The molecule has 0 bridgehead atoms. The molecule has 2 rings (SSSR count). The zero-order valence-electron chi connectivity index (χ0n) is 9.95. The lowest BCUT2D eigenvalue weighted by Crippen LogP contribution is -2.15. The van der Waals surface area contributed by atoms with Gasteiger partial charge in [-0.05, 0) is 44.7 Å². The Morgan fingerprint density at radius 1 is 1.25 bits per heavy atom. The molecule has 0 aliphatic heterocycles. The van der Waals surface area contributed by atoms with E-state index in [1.807, 2.05) is 25.1 Å². The normalized spacial score (nSPS) is 18.8. The van der Waals surface area contributed by atoms with Crippen LogP contribution < -0.4 is 5.73 Å². The zero-order valence-corrected chi connectivity index (χ0v) is 9.95. The molecule has 1 unspecified atom stereocenters. The average molecular weight is 216 g/mol. The monoisotopic (exact) mass is 216 g/mol. The second-order valence-corrected chi connectivity index (χ2v) is 4.56. The van der Waals surface area contributed by atoms with Crippen molar-refractivity contribution in [3.63, 3.8) is 0 Å². The minimum atomic E-state index is -0.00185. The lowest BCUT2D eigenvalue weighted by atomic mass is 9.99. The Bertz CT molecular complexity index is 382. The highest BCUT2D eigenvalue weighted by atomic mass is 14.8. The van der Waals surface area contributed by atoms with Gasteiger partial charge in [0.15, 0.2) is 0 Å². The molecular weight excluding hydrogens is 196 g/mol. The average Bonchev–Trinajstić information content (AvgIpc) is 2.56. The van der Waals surface area contributed by atoms with Gasteiger partial charge in [0.25, 0.3) is 0 Å². The molecule has 2 nitrogen and oxygen atoms in total. The van der Waals surface area contributed by atoms with Crippen molar-refractivity contribution in [3.8, 4) is 0 Å². The molecule has 0 saturated heterocycles. The molecule has 0 fully saturated rings. The molecule has 0 spiro atoms. The summed E-state index contributed by atoms with van der Waals surface area (Å²) in [6.07, 6.45) is 8.53. The predicted octanol–water partition coefficient (Wildman–Crippen LogP) is 3.28.